The van der Waals surface area contributed by atoms with Gasteiger partial charge in [-0.1, -0.05) is 0 Å². The number of carbonyl (C=O) groups excluding carboxylic acids is 2. The first-order valence-corrected chi connectivity index (χ1v) is 15.5. The fraction of sp³-hybridized carbons (Fsp3) is 0.857. The van der Waals surface area contributed by atoms with E-state index in [2.05, 4.69) is 10.6 Å². The van der Waals surface area contributed by atoms with Crippen LogP contribution in [-0.2, 0) is 19.2 Å². The molecule has 0 aromatic heterocycles. The summed E-state index contributed by atoms with van der Waals surface area (Å²) in [5.74, 6) is -5.23. The van der Waals surface area contributed by atoms with Crippen molar-refractivity contribution in [3.8, 4) is 0 Å². The predicted octanol–water partition coefficient (Wildman–Crippen LogP) is 2.49. The largest absolute Gasteiger partial charge is 0.481 e. The Labute approximate surface area is 244 Å². The molecule has 40 heavy (non-hydrogen) atoms. The zero-order valence-corrected chi connectivity index (χ0v) is 24.1. The van der Waals surface area contributed by atoms with Crippen LogP contribution in [0.1, 0.15) is 77.0 Å². The molecule has 4 aliphatic rings. The fourth-order valence-electron chi connectivity index (χ4n) is 7.52. The number of amides is 2. The predicted molar refractivity (Wildman–Crippen MR) is 147 cm³/mol. The SMILES string of the molecule is O=C(O)C1CC(O)CCC1C(=O)NC1CCC(C2CCC(NC(=O)C3CCC(O)CC3C(=O)O)C(Cl)C2)CC1Cl. The quantitative estimate of drug-likeness (QED) is 0.240. The summed E-state index contributed by atoms with van der Waals surface area (Å²) in [6.07, 6.45) is 4.75. The lowest BCUT2D eigenvalue weighted by atomic mass is 9.71. The molecule has 12 atom stereocenters. The van der Waals surface area contributed by atoms with Gasteiger partial charge in [0.1, 0.15) is 0 Å². The molecule has 6 N–H and O–H groups in total. The molecule has 12 unspecified atom stereocenters. The van der Waals surface area contributed by atoms with E-state index in [1.807, 2.05) is 0 Å². The summed E-state index contributed by atoms with van der Waals surface area (Å²) in [7, 11) is 0. The van der Waals surface area contributed by atoms with Crippen LogP contribution in [0.15, 0.2) is 0 Å². The van der Waals surface area contributed by atoms with Crippen LogP contribution >= 0.6 is 23.2 Å². The van der Waals surface area contributed by atoms with E-state index in [1.165, 1.54) is 0 Å². The molecule has 12 heteroatoms. The average molecular weight is 606 g/mol. The van der Waals surface area contributed by atoms with Gasteiger partial charge in [-0.2, -0.15) is 0 Å². The van der Waals surface area contributed by atoms with Crippen molar-refractivity contribution in [3.63, 3.8) is 0 Å². The maximum Gasteiger partial charge on any atom is 0.307 e. The number of aliphatic hydroxyl groups excluding tert-OH is 2. The lowest BCUT2D eigenvalue weighted by Crippen LogP contribution is -2.52. The zero-order valence-electron chi connectivity index (χ0n) is 22.6. The molecule has 0 aromatic rings. The number of carbonyl (C=O) groups is 4. The number of hydrogen-bond donors (Lipinski definition) is 6. The van der Waals surface area contributed by atoms with Crippen molar-refractivity contribution >= 4 is 47.0 Å². The highest BCUT2D eigenvalue weighted by molar-refractivity contribution is 6.21. The van der Waals surface area contributed by atoms with Crippen LogP contribution in [0.4, 0.5) is 0 Å². The molecule has 4 rings (SSSR count). The van der Waals surface area contributed by atoms with Crippen LogP contribution in [0, 0.1) is 35.5 Å². The smallest absolute Gasteiger partial charge is 0.307 e. The van der Waals surface area contributed by atoms with Gasteiger partial charge in [0.15, 0.2) is 0 Å². The summed E-state index contributed by atoms with van der Waals surface area (Å²) >= 11 is 13.5. The number of carboxylic acids is 2. The Bertz CT molecular complexity index is 879. The monoisotopic (exact) mass is 604 g/mol. The van der Waals surface area contributed by atoms with Gasteiger partial charge in [0.05, 0.1) is 46.6 Å². The minimum atomic E-state index is -1.06. The lowest BCUT2D eigenvalue weighted by Gasteiger charge is -2.42. The summed E-state index contributed by atoms with van der Waals surface area (Å²) in [6.45, 7) is 0. The second kappa shape index (κ2) is 13.6. The maximum atomic E-state index is 13.0. The van der Waals surface area contributed by atoms with Crippen molar-refractivity contribution in [1.29, 1.82) is 0 Å². The van der Waals surface area contributed by atoms with Crippen molar-refractivity contribution in [2.75, 3.05) is 0 Å². The molecule has 0 aliphatic heterocycles. The average Bonchev–Trinajstić information content (AvgIpc) is 2.90. The van der Waals surface area contributed by atoms with Crippen LogP contribution < -0.4 is 10.6 Å². The number of carboxylic acid groups (broad SMARTS) is 2. The summed E-state index contributed by atoms with van der Waals surface area (Å²) in [6, 6.07) is -0.490. The molecule has 0 radical (unpaired) electrons. The van der Waals surface area contributed by atoms with Gasteiger partial charge >= 0.3 is 11.9 Å². The first kappa shape index (κ1) is 31.3. The second-order valence-corrected chi connectivity index (χ2v) is 13.6. The van der Waals surface area contributed by atoms with Crippen LogP contribution in [0.5, 0.6) is 0 Å². The fourth-order valence-corrected chi connectivity index (χ4v) is 8.36. The minimum Gasteiger partial charge on any atom is -0.481 e. The Morgan fingerprint density at radius 3 is 1.23 bits per heavy atom. The molecule has 4 aliphatic carbocycles. The Kier molecular flexibility index (Phi) is 10.6. The van der Waals surface area contributed by atoms with Gasteiger partial charge in [-0.25, -0.2) is 0 Å². The summed E-state index contributed by atoms with van der Waals surface area (Å²) < 4.78 is 0. The maximum absolute atomic E-state index is 13.0. The van der Waals surface area contributed by atoms with E-state index < -0.39 is 47.8 Å². The molecule has 0 spiro atoms. The molecule has 10 nitrogen and oxygen atoms in total. The highest BCUT2D eigenvalue weighted by atomic mass is 35.5. The lowest BCUT2D eigenvalue weighted by molar-refractivity contribution is -0.151. The molecule has 0 aromatic carbocycles. The molecule has 226 valence electrons. The van der Waals surface area contributed by atoms with Crippen molar-refractivity contribution in [2.24, 2.45) is 35.5 Å². The van der Waals surface area contributed by atoms with Gasteiger partial charge in [-0.15, -0.1) is 23.2 Å². The van der Waals surface area contributed by atoms with E-state index >= 15 is 0 Å². The summed E-state index contributed by atoms with van der Waals surface area (Å²) in [5, 5.41) is 44.2. The summed E-state index contributed by atoms with van der Waals surface area (Å²) in [4.78, 5) is 49.2. The van der Waals surface area contributed by atoms with Gasteiger partial charge in [0.2, 0.25) is 11.8 Å². The Balaban J connectivity index is 1.25. The molecule has 0 saturated heterocycles. The van der Waals surface area contributed by atoms with Gasteiger partial charge < -0.3 is 31.1 Å². The number of aliphatic hydroxyl groups is 2. The van der Waals surface area contributed by atoms with E-state index in [9.17, 15) is 39.6 Å². The molecule has 4 saturated carbocycles. The first-order valence-electron chi connectivity index (χ1n) is 14.6. The Hall–Kier alpha value is -1.62. The second-order valence-electron chi connectivity index (χ2n) is 12.4. The van der Waals surface area contributed by atoms with Crippen LogP contribution in [0.3, 0.4) is 0 Å². The van der Waals surface area contributed by atoms with Crippen LogP contribution in [0.25, 0.3) is 0 Å². The normalized spacial score (nSPS) is 42.4. The molecule has 4 fully saturated rings. The third-order valence-electron chi connectivity index (χ3n) is 9.90. The van der Waals surface area contributed by atoms with E-state index in [-0.39, 0.29) is 47.5 Å². The topological polar surface area (TPSA) is 173 Å². The molecule has 0 heterocycles. The molecular formula is C28H42Cl2N2O8. The van der Waals surface area contributed by atoms with E-state index in [0.29, 0.717) is 63.2 Å². The van der Waals surface area contributed by atoms with Crippen molar-refractivity contribution in [2.45, 2.75) is 112 Å². The standard InChI is InChI=1S/C28H42Cl2N2O8/c29-21-9-13(1-7-23(21)31-25(35)17-5-3-15(33)11-19(17)27(37)38)14-2-8-24(22(30)10-14)32-26(36)18-6-4-16(34)12-20(18)28(39)40/h13-24,33-34H,1-12H2,(H,31,35)(H,32,36)(H,37,38)(H,39,40). The summed E-state index contributed by atoms with van der Waals surface area (Å²) in [5.41, 5.74) is 0. The number of hydrogen-bond acceptors (Lipinski definition) is 6. The highest BCUT2D eigenvalue weighted by Gasteiger charge is 2.44. The van der Waals surface area contributed by atoms with E-state index in [4.69, 9.17) is 23.2 Å². The molecular weight excluding hydrogens is 563 g/mol. The molecule has 2 amide bonds. The number of halogens is 2. The Morgan fingerprint density at radius 1 is 0.525 bits per heavy atom. The van der Waals surface area contributed by atoms with Crippen molar-refractivity contribution in [3.05, 3.63) is 0 Å². The number of rotatable bonds is 7. The highest BCUT2D eigenvalue weighted by Crippen LogP contribution is 2.42. The van der Waals surface area contributed by atoms with Crippen molar-refractivity contribution in [1.82, 2.24) is 10.6 Å². The number of alkyl halides is 2. The minimum absolute atomic E-state index is 0.0805. The zero-order chi connectivity index (χ0) is 29.1. The number of nitrogens with one attached hydrogen (secondary N) is 2. The number of aliphatic carboxylic acids is 2. The van der Waals surface area contributed by atoms with Crippen LogP contribution in [-0.4, -0.2) is 79.2 Å². The van der Waals surface area contributed by atoms with Gasteiger partial charge in [-0.3, -0.25) is 19.2 Å². The molecule has 0 bridgehead atoms. The van der Waals surface area contributed by atoms with Gasteiger partial charge in [0.25, 0.3) is 0 Å². The third-order valence-corrected chi connectivity index (χ3v) is 10.9. The van der Waals surface area contributed by atoms with Crippen molar-refractivity contribution < 1.29 is 39.6 Å². The Morgan fingerprint density at radius 2 is 0.900 bits per heavy atom. The van der Waals surface area contributed by atoms with Crippen LogP contribution in [0.2, 0.25) is 0 Å². The van der Waals surface area contributed by atoms with E-state index in [0.717, 1.165) is 12.8 Å². The van der Waals surface area contributed by atoms with E-state index in [1.54, 1.807) is 0 Å². The van der Waals surface area contributed by atoms with Gasteiger partial charge in [-0.05, 0) is 88.9 Å². The van der Waals surface area contributed by atoms with Gasteiger partial charge in [0, 0.05) is 12.1 Å². The third kappa shape index (κ3) is 7.41. The first-order chi connectivity index (χ1) is 18.9.